The van der Waals surface area contributed by atoms with Crippen LogP contribution in [0.5, 0.6) is 0 Å². The second-order valence-corrected chi connectivity index (χ2v) is 7.50. The number of nitrogens with zero attached hydrogens (tertiary/aromatic N) is 2. The predicted molar refractivity (Wildman–Crippen MR) is 82.8 cm³/mol. The fraction of sp³-hybridized carbons (Fsp3) is 0.538. The maximum absolute atomic E-state index is 12.6. The van der Waals surface area contributed by atoms with Gasteiger partial charge in [-0.15, -0.1) is 0 Å². The van der Waals surface area contributed by atoms with Crippen LogP contribution in [-0.4, -0.2) is 49.8 Å². The van der Waals surface area contributed by atoms with Crippen molar-refractivity contribution < 1.29 is 13.2 Å². The molecule has 1 amide bonds. The molecule has 2 heterocycles. The van der Waals surface area contributed by atoms with E-state index in [0.717, 1.165) is 0 Å². The highest BCUT2D eigenvalue weighted by molar-refractivity contribution is 7.89. The summed E-state index contributed by atoms with van der Waals surface area (Å²) >= 11 is 5.80. The lowest BCUT2D eigenvalue weighted by Gasteiger charge is -2.31. The van der Waals surface area contributed by atoms with E-state index in [2.05, 4.69) is 10.3 Å². The minimum absolute atomic E-state index is 0.0445. The molecule has 1 aliphatic rings. The molecule has 1 unspecified atom stereocenters. The molecule has 122 valence electrons. The summed E-state index contributed by atoms with van der Waals surface area (Å²) < 4.78 is 26.5. The largest absolute Gasteiger partial charge is 0.355 e. The zero-order chi connectivity index (χ0) is 16.2. The van der Waals surface area contributed by atoms with E-state index in [0.29, 0.717) is 32.5 Å². The summed E-state index contributed by atoms with van der Waals surface area (Å²) in [6.45, 7) is 1.29. The van der Waals surface area contributed by atoms with Gasteiger partial charge in [0.1, 0.15) is 4.90 Å². The summed E-state index contributed by atoms with van der Waals surface area (Å²) in [5, 5.41) is 2.96. The Balaban J connectivity index is 2.13. The smallest absolute Gasteiger partial charge is 0.244 e. The lowest BCUT2D eigenvalue weighted by molar-refractivity contribution is -0.126. The summed E-state index contributed by atoms with van der Waals surface area (Å²) in [4.78, 5) is 15.9. The van der Waals surface area contributed by atoms with Crippen molar-refractivity contribution in [3.05, 3.63) is 23.5 Å². The summed E-state index contributed by atoms with van der Waals surface area (Å²) in [5.74, 6) is -0.517. The van der Waals surface area contributed by atoms with Crippen molar-refractivity contribution in [3.8, 4) is 0 Å². The number of piperidine rings is 1. The average Bonchev–Trinajstić information content (AvgIpc) is 2.52. The van der Waals surface area contributed by atoms with E-state index in [1.165, 1.54) is 22.8 Å². The number of sulfonamides is 1. The number of hydrogen-bond donors (Lipinski definition) is 2. The summed E-state index contributed by atoms with van der Waals surface area (Å²) in [7, 11) is -3.69. The second-order valence-electron chi connectivity index (χ2n) is 5.12. The molecule has 22 heavy (non-hydrogen) atoms. The van der Waals surface area contributed by atoms with Gasteiger partial charge in [-0.2, -0.15) is 4.31 Å². The lowest BCUT2D eigenvalue weighted by atomic mass is 9.99. The first kappa shape index (κ1) is 17.1. The van der Waals surface area contributed by atoms with Crippen molar-refractivity contribution in [2.75, 3.05) is 26.2 Å². The molecule has 9 heteroatoms. The maximum Gasteiger partial charge on any atom is 0.244 e. The monoisotopic (exact) mass is 346 g/mol. The van der Waals surface area contributed by atoms with Crippen LogP contribution in [0.1, 0.15) is 12.8 Å². The molecule has 1 saturated heterocycles. The van der Waals surface area contributed by atoms with Crippen molar-refractivity contribution in [2.24, 2.45) is 11.7 Å². The zero-order valence-corrected chi connectivity index (χ0v) is 13.6. The van der Waals surface area contributed by atoms with Crippen molar-refractivity contribution in [2.45, 2.75) is 17.7 Å². The van der Waals surface area contributed by atoms with Crippen LogP contribution in [0.3, 0.4) is 0 Å². The highest BCUT2D eigenvalue weighted by Crippen LogP contribution is 2.24. The number of halogens is 1. The van der Waals surface area contributed by atoms with E-state index >= 15 is 0 Å². The van der Waals surface area contributed by atoms with Crippen LogP contribution in [-0.2, 0) is 14.8 Å². The number of aromatic nitrogens is 1. The first-order valence-electron chi connectivity index (χ1n) is 7.03. The third kappa shape index (κ3) is 3.95. The van der Waals surface area contributed by atoms with Crippen LogP contribution in [0.2, 0.25) is 5.02 Å². The molecule has 7 nitrogen and oxygen atoms in total. The number of pyridine rings is 1. The van der Waals surface area contributed by atoms with Crippen molar-refractivity contribution >= 4 is 27.5 Å². The van der Waals surface area contributed by atoms with Gasteiger partial charge in [0.05, 0.1) is 10.9 Å². The van der Waals surface area contributed by atoms with Gasteiger partial charge in [-0.1, -0.05) is 11.6 Å². The van der Waals surface area contributed by atoms with Gasteiger partial charge < -0.3 is 11.1 Å². The first-order valence-corrected chi connectivity index (χ1v) is 8.85. The molecular weight excluding hydrogens is 328 g/mol. The number of rotatable bonds is 5. The van der Waals surface area contributed by atoms with Gasteiger partial charge in [0.25, 0.3) is 0 Å². The van der Waals surface area contributed by atoms with Gasteiger partial charge >= 0.3 is 0 Å². The Hall–Kier alpha value is -1.22. The molecule has 2 rings (SSSR count). The van der Waals surface area contributed by atoms with Crippen LogP contribution < -0.4 is 11.1 Å². The topological polar surface area (TPSA) is 105 Å². The summed E-state index contributed by atoms with van der Waals surface area (Å²) in [6, 6.07) is 1.36. The summed E-state index contributed by atoms with van der Waals surface area (Å²) in [5.41, 5.74) is 5.35. The minimum Gasteiger partial charge on any atom is -0.355 e. The van der Waals surface area contributed by atoms with Crippen molar-refractivity contribution in [1.29, 1.82) is 0 Å². The van der Waals surface area contributed by atoms with E-state index in [9.17, 15) is 13.2 Å². The fourth-order valence-corrected chi connectivity index (χ4v) is 4.15. The molecule has 1 fully saturated rings. The van der Waals surface area contributed by atoms with Crippen LogP contribution in [0, 0.1) is 5.92 Å². The molecule has 0 saturated carbocycles. The Labute approximate surface area is 134 Å². The number of nitrogens with two attached hydrogens (primary N) is 1. The van der Waals surface area contributed by atoms with E-state index in [1.54, 1.807) is 0 Å². The molecular formula is C13H19ClN4O3S. The molecule has 1 aromatic heterocycles. The molecule has 0 radical (unpaired) electrons. The quantitative estimate of drug-likeness (QED) is 0.793. The van der Waals surface area contributed by atoms with Crippen molar-refractivity contribution in [3.63, 3.8) is 0 Å². The molecule has 0 aliphatic carbocycles. The van der Waals surface area contributed by atoms with Crippen molar-refractivity contribution in [1.82, 2.24) is 14.6 Å². The lowest BCUT2D eigenvalue weighted by Crippen LogP contribution is -2.46. The van der Waals surface area contributed by atoms with Crippen LogP contribution in [0.4, 0.5) is 0 Å². The van der Waals surface area contributed by atoms with Gasteiger partial charge in [0.2, 0.25) is 15.9 Å². The van der Waals surface area contributed by atoms with Crippen LogP contribution >= 0.6 is 11.6 Å². The Morgan fingerprint density at radius 1 is 1.50 bits per heavy atom. The molecule has 3 N–H and O–H groups in total. The third-order valence-corrected chi connectivity index (χ3v) is 5.55. The van der Waals surface area contributed by atoms with Crippen LogP contribution in [0.15, 0.2) is 23.4 Å². The minimum atomic E-state index is -3.69. The summed E-state index contributed by atoms with van der Waals surface area (Å²) in [6.07, 6.45) is 3.93. The first-order chi connectivity index (χ1) is 10.4. The number of nitrogens with one attached hydrogen (secondary N) is 1. The fourth-order valence-electron chi connectivity index (χ4n) is 2.40. The van der Waals surface area contributed by atoms with E-state index in [4.69, 9.17) is 17.3 Å². The molecule has 0 spiro atoms. The Kier molecular flexibility index (Phi) is 5.74. The normalized spacial score (nSPS) is 19.8. The van der Waals surface area contributed by atoms with Gasteiger partial charge in [0.15, 0.2) is 0 Å². The van der Waals surface area contributed by atoms with E-state index < -0.39 is 10.0 Å². The SMILES string of the molecule is NCCNC(=O)C1CCCN(S(=O)(=O)c2cncc(Cl)c2)C1. The predicted octanol–water partition coefficient (Wildman–Crippen LogP) is 0.211. The highest BCUT2D eigenvalue weighted by atomic mass is 35.5. The average molecular weight is 347 g/mol. The molecule has 1 aliphatic heterocycles. The maximum atomic E-state index is 12.6. The van der Waals surface area contributed by atoms with E-state index in [1.807, 2.05) is 0 Å². The van der Waals surface area contributed by atoms with Gasteiger partial charge in [-0.3, -0.25) is 9.78 Å². The Morgan fingerprint density at radius 3 is 2.95 bits per heavy atom. The molecule has 1 atom stereocenters. The van der Waals surface area contributed by atoms with E-state index in [-0.39, 0.29) is 28.3 Å². The Morgan fingerprint density at radius 2 is 2.27 bits per heavy atom. The molecule has 0 aromatic carbocycles. The van der Waals surface area contributed by atoms with Gasteiger partial charge in [-0.25, -0.2) is 8.42 Å². The number of hydrogen-bond acceptors (Lipinski definition) is 5. The standard InChI is InChI=1S/C13H19ClN4O3S/c14-11-6-12(8-16-7-11)22(20,21)18-5-1-2-10(9-18)13(19)17-4-3-15/h6-8,10H,1-5,9,15H2,(H,17,19). The number of carbonyl (C=O) groups is 1. The molecule has 1 aromatic rings. The third-order valence-electron chi connectivity index (χ3n) is 3.52. The number of carbonyl (C=O) groups excluding carboxylic acids is 1. The zero-order valence-electron chi connectivity index (χ0n) is 12.0. The highest BCUT2D eigenvalue weighted by Gasteiger charge is 2.33. The number of amides is 1. The van der Waals surface area contributed by atoms with Gasteiger partial charge in [-0.05, 0) is 18.9 Å². The second kappa shape index (κ2) is 7.36. The molecule has 0 bridgehead atoms. The Bertz CT molecular complexity index is 638. The van der Waals surface area contributed by atoms with Crippen LogP contribution in [0.25, 0.3) is 0 Å². The van der Waals surface area contributed by atoms with Gasteiger partial charge in [0, 0.05) is 38.6 Å².